The number of esters is 1. The molecule has 180 valence electrons. The van der Waals surface area contributed by atoms with E-state index in [1.54, 1.807) is 44.6 Å². The van der Waals surface area contributed by atoms with E-state index in [1.165, 1.54) is 11.4 Å². The Bertz CT molecular complexity index is 953. The number of rotatable bonds is 13. The van der Waals surface area contributed by atoms with Crippen LogP contribution in [-0.2, 0) is 32.6 Å². The number of hydrogen-bond donors (Lipinski definition) is 0. The van der Waals surface area contributed by atoms with Gasteiger partial charge in [0.25, 0.3) is 0 Å². The first-order chi connectivity index (χ1) is 15.7. The molecular formula is C25H33NO6S. The van der Waals surface area contributed by atoms with Crippen molar-refractivity contribution in [3.8, 4) is 11.5 Å². The SMILES string of the molecule is C=CC[C@H](C)C(CC(=O)OC)S(=O)(=O)N(Cc1ccc(OC)cc1)Cc1ccc(OC)cc1. The van der Waals surface area contributed by atoms with E-state index >= 15 is 0 Å². The maximum atomic E-state index is 13.9. The smallest absolute Gasteiger partial charge is 0.306 e. The van der Waals surface area contributed by atoms with Crippen molar-refractivity contribution in [3.63, 3.8) is 0 Å². The fraction of sp³-hybridized carbons (Fsp3) is 0.400. The summed E-state index contributed by atoms with van der Waals surface area (Å²) < 4.78 is 44.4. The fourth-order valence-corrected chi connectivity index (χ4v) is 5.64. The van der Waals surface area contributed by atoms with E-state index in [2.05, 4.69) is 6.58 Å². The number of methoxy groups -OCH3 is 3. The normalized spacial score (nSPS) is 13.2. The Kier molecular flexibility index (Phi) is 9.94. The third-order valence-corrected chi connectivity index (χ3v) is 7.92. The molecule has 0 saturated heterocycles. The first kappa shape index (κ1) is 26.4. The molecule has 0 aliphatic rings. The summed E-state index contributed by atoms with van der Waals surface area (Å²) in [6.45, 7) is 5.84. The molecule has 33 heavy (non-hydrogen) atoms. The van der Waals surface area contributed by atoms with Crippen molar-refractivity contribution in [1.82, 2.24) is 4.31 Å². The lowest BCUT2D eigenvalue weighted by Gasteiger charge is -2.30. The molecular weight excluding hydrogens is 442 g/mol. The molecule has 0 aromatic heterocycles. The lowest BCUT2D eigenvalue weighted by atomic mass is 10.0. The van der Waals surface area contributed by atoms with Gasteiger partial charge in [-0.25, -0.2) is 8.42 Å². The Labute approximate surface area is 197 Å². The topological polar surface area (TPSA) is 82.1 Å². The van der Waals surface area contributed by atoms with Gasteiger partial charge < -0.3 is 14.2 Å². The molecule has 0 spiro atoms. The van der Waals surface area contributed by atoms with Crippen molar-refractivity contribution in [3.05, 3.63) is 72.3 Å². The highest BCUT2D eigenvalue weighted by Gasteiger charge is 2.37. The molecule has 0 amide bonds. The molecule has 0 bridgehead atoms. The van der Waals surface area contributed by atoms with Crippen LogP contribution in [-0.4, -0.2) is 45.3 Å². The molecule has 0 aliphatic heterocycles. The summed E-state index contributed by atoms with van der Waals surface area (Å²) in [6.07, 6.45) is 1.90. The second-order valence-corrected chi connectivity index (χ2v) is 9.98. The van der Waals surface area contributed by atoms with Crippen molar-refractivity contribution in [2.24, 2.45) is 5.92 Å². The summed E-state index contributed by atoms with van der Waals surface area (Å²) in [5.74, 6) is 0.493. The van der Waals surface area contributed by atoms with Crippen LogP contribution in [0, 0.1) is 5.92 Å². The predicted octanol–water partition coefficient (Wildman–Crippen LogP) is 4.18. The summed E-state index contributed by atoms with van der Waals surface area (Å²) in [4.78, 5) is 12.1. The molecule has 2 aromatic rings. The van der Waals surface area contributed by atoms with E-state index in [9.17, 15) is 13.2 Å². The highest BCUT2D eigenvalue weighted by atomic mass is 32.2. The van der Waals surface area contributed by atoms with Gasteiger partial charge in [-0.1, -0.05) is 37.3 Å². The molecule has 2 atom stereocenters. The Balaban J connectivity index is 2.45. The van der Waals surface area contributed by atoms with Crippen molar-refractivity contribution >= 4 is 16.0 Å². The average Bonchev–Trinajstić information content (AvgIpc) is 2.82. The van der Waals surface area contributed by atoms with Gasteiger partial charge in [-0.3, -0.25) is 4.79 Å². The van der Waals surface area contributed by atoms with E-state index in [1.807, 2.05) is 31.2 Å². The number of allylic oxidation sites excluding steroid dienone is 1. The van der Waals surface area contributed by atoms with Crippen LogP contribution in [0.15, 0.2) is 61.2 Å². The highest BCUT2D eigenvalue weighted by molar-refractivity contribution is 7.89. The van der Waals surface area contributed by atoms with E-state index in [-0.39, 0.29) is 25.4 Å². The van der Waals surface area contributed by atoms with Gasteiger partial charge in [0, 0.05) is 13.1 Å². The number of hydrogen-bond acceptors (Lipinski definition) is 6. The van der Waals surface area contributed by atoms with Gasteiger partial charge in [-0.05, 0) is 47.7 Å². The van der Waals surface area contributed by atoms with Gasteiger partial charge >= 0.3 is 5.97 Å². The van der Waals surface area contributed by atoms with Crippen LogP contribution in [0.5, 0.6) is 11.5 Å². The molecule has 0 heterocycles. The first-order valence-corrected chi connectivity index (χ1v) is 12.2. The molecule has 0 saturated carbocycles. The molecule has 0 radical (unpaired) electrons. The quantitative estimate of drug-likeness (QED) is 0.319. The largest absolute Gasteiger partial charge is 0.497 e. The van der Waals surface area contributed by atoms with Crippen LogP contribution in [0.3, 0.4) is 0 Å². The van der Waals surface area contributed by atoms with Gasteiger partial charge in [-0.15, -0.1) is 6.58 Å². The summed E-state index contributed by atoms with van der Waals surface area (Å²) in [6, 6.07) is 14.5. The molecule has 2 aromatic carbocycles. The zero-order valence-electron chi connectivity index (χ0n) is 19.7. The number of carbonyl (C=O) groups excluding carboxylic acids is 1. The molecule has 0 aliphatic carbocycles. The molecule has 1 unspecified atom stereocenters. The Morgan fingerprint density at radius 1 is 0.939 bits per heavy atom. The van der Waals surface area contributed by atoms with Crippen molar-refractivity contribution < 1.29 is 27.4 Å². The van der Waals surface area contributed by atoms with Crippen molar-refractivity contribution in [1.29, 1.82) is 0 Å². The molecule has 7 nitrogen and oxygen atoms in total. The zero-order chi connectivity index (χ0) is 24.4. The minimum atomic E-state index is -3.90. The Morgan fingerprint density at radius 2 is 1.39 bits per heavy atom. The number of carbonyl (C=O) groups is 1. The van der Waals surface area contributed by atoms with Crippen LogP contribution in [0.1, 0.15) is 30.9 Å². The number of nitrogens with zero attached hydrogens (tertiary/aromatic N) is 1. The predicted molar refractivity (Wildman–Crippen MR) is 129 cm³/mol. The second-order valence-electron chi connectivity index (χ2n) is 7.83. The number of sulfonamides is 1. The monoisotopic (exact) mass is 475 g/mol. The van der Waals surface area contributed by atoms with Gasteiger partial charge in [0.05, 0.1) is 33.0 Å². The highest BCUT2D eigenvalue weighted by Crippen LogP contribution is 2.27. The van der Waals surface area contributed by atoms with E-state index in [0.717, 1.165) is 11.1 Å². The standard InChI is InChI=1S/C25H33NO6S/c1-6-7-19(2)24(16-25(27)32-5)33(28,29)26(17-20-8-12-22(30-3)13-9-20)18-21-10-14-23(31-4)15-11-21/h6,8-15,19,24H,1,7,16-18H2,2-5H3/t19-,24?/m0/s1. The maximum Gasteiger partial charge on any atom is 0.306 e. The van der Waals surface area contributed by atoms with Gasteiger partial charge in [0.2, 0.25) is 10.0 Å². The molecule has 8 heteroatoms. The van der Waals surface area contributed by atoms with Crippen molar-refractivity contribution in [2.75, 3.05) is 21.3 Å². The first-order valence-electron chi connectivity index (χ1n) is 10.7. The third-order valence-electron chi connectivity index (χ3n) is 5.55. The number of benzene rings is 2. The Hall–Kier alpha value is -2.84. The third kappa shape index (κ3) is 7.33. The Morgan fingerprint density at radius 3 is 1.76 bits per heavy atom. The maximum absolute atomic E-state index is 13.9. The van der Waals surface area contributed by atoms with E-state index < -0.39 is 21.2 Å². The fourth-order valence-electron chi connectivity index (χ4n) is 3.56. The molecule has 2 rings (SSSR count). The molecule has 0 N–H and O–H groups in total. The lowest BCUT2D eigenvalue weighted by molar-refractivity contribution is -0.140. The summed E-state index contributed by atoms with van der Waals surface area (Å²) in [7, 11) is 0.520. The number of ether oxygens (including phenoxy) is 3. The van der Waals surface area contributed by atoms with Crippen LogP contribution in [0.2, 0.25) is 0 Å². The van der Waals surface area contributed by atoms with Crippen molar-refractivity contribution in [2.45, 2.75) is 38.1 Å². The van der Waals surface area contributed by atoms with Gasteiger partial charge in [0.15, 0.2) is 0 Å². The van der Waals surface area contributed by atoms with Gasteiger partial charge in [-0.2, -0.15) is 4.31 Å². The van der Waals surface area contributed by atoms with E-state index in [0.29, 0.717) is 17.9 Å². The van der Waals surface area contributed by atoms with Crippen LogP contribution < -0.4 is 9.47 Å². The van der Waals surface area contributed by atoms with Crippen LogP contribution in [0.4, 0.5) is 0 Å². The average molecular weight is 476 g/mol. The van der Waals surface area contributed by atoms with Gasteiger partial charge in [0.1, 0.15) is 11.5 Å². The minimum Gasteiger partial charge on any atom is -0.497 e. The lowest BCUT2D eigenvalue weighted by Crippen LogP contribution is -2.42. The van der Waals surface area contributed by atoms with Crippen LogP contribution in [0.25, 0.3) is 0 Å². The zero-order valence-corrected chi connectivity index (χ0v) is 20.5. The summed E-state index contributed by atoms with van der Waals surface area (Å²) in [5.41, 5.74) is 1.61. The van der Waals surface area contributed by atoms with Crippen LogP contribution >= 0.6 is 0 Å². The summed E-state index contributed by atoms with van der Waals surface area (Å²) in [5, 5.41) is -0.945. The summed E-state index contributed by atoms with van der Waals surface area (Å²) >= 11 is 0. The van der Waals surface area contributed by atoms with E-state index in [4.69, 9.17) is 14.2 Å². The minimum absolute atomic E-state index is 0.150. The molecule has 0 fully saturated rings. The second kappa shape index (κ2) is 12.4.